The second-order valence-corrected chi connectivity index (χ2v) is 4.32. The van der Waals surface area contributed by atoms with E-state index in [0.29, 0.717) is 0 Å². The average Bonchev–Trinajstić information content (AvgIpc) is 2.09. The molecule has 1 nitrogen and oxygen atoms in total. The van der Waals surface area contributed by atoms with E-state index in [0.717, 1.165) is 12.8 Å². The molecule has 0 aliphatic rings. The van der Waals surface area contributed by atoms with Gasteiger partial charge in [0.05, 0.1) is 0 Å². The van der Waals surface area contributed by atoms with E-state index >= 15 is 0 Å². The van der Waals surface area contributed by atoms with E-state index in [-0.39, 0.29) is 6.04 Å². The minimum Gasteiger partial charge on any atom is -0.327 e. The molecule has 13 heavy (non-hydrogen) atoms. The molecule has 1 unspecified atom stereocenters. The molecule has 0 amide bonds. The quantitative estimate of drug-likeness (QED) is 0.866. The van der Waals surface area contributed by atoms with Crippen LogP contribution in [-0.4, -0.2) is 6.04 Å². The Hall–Kier alpha value is -0.340. The lowest BCUT2D eigenvalue weighted by Gasteiger charge is -2.10. The maximum atomic E-state index is 5.89. The van der Waals surface area contributed by atoms with Crippen LogP contribution < -0.4 is 5.73 Å². The van der Waals surface area contributed by atoms with Crippen molar-refractivity contribution in [2.45, 2.75) is 32.7 Å². The minimum absolute atomic E-state index is 0.277. The molecule has 1 aromatic rings. The standard InChI is InChI=1S/C11H16BrN/c1-3-10(13)7-9-5-4-8(2)6-11(9)12/h4-6,10H,3,7,13H2,1-2H3. The average molecular weight is 242 g/mol. The highest BCUT2D eigenvalue weighted by Gasteiger charge is 2.04. The fourth-order valence-corrected chi connectivity index (χ4v) is 1.90. The van der Waals surface area contributed by atoms with Gasteiger partial charge in [-0.15, -0.1) is 0 Å². The topological polar surface area (TPSA) is 26.0 Å². The van der Waals surface area contributed by atoms with Gasteiger partial charge in [0.25, 0.3) is 0 Å². The molecule has 0 fully saturated rings. The summed E-state index contributed by atoms with van der Waals surface area (Å²) in [7, 11) is 0. The van der Waals surface area contributed by atoms with Crippen LogP contribution in [0.3, 0.4) is 0 Å². The lowest BCUT2D eigenvalue weighted by Crippen LogP contribution is -2.21. The molecule has 0 saturated heterocycles. The van der Waals surface area contributed by atoms with E-state index in [1.54, 1.807) is 0 Å². The third kappa shape index (κ3) is 3.12. The Morgan fingerprint density at radius 1 is 1.46 bits per heavy atom. The molecule has 0 spiro atoms. The summed E-state index contributed by atoms with van der Waals surface area (Å²) in [5, 5.41) is 0. The predicted octanol–water partition coefficient (Wildman–Crippen LogP) is 3.04. The fraction of sp³-hybridized carbons (Fsp3) is 0.455. The van der Waals surface area contributed by atoms with Crippen LogP contribution in [-0.2, 0) is 6.42 Å². The first kappa shape index (κ1) is 10.7. The largest absolute Gasteiger partial charge is 0.327 e. The van der Waals surface area contributed by atoms with Gasteiger partial charge >= 0.3 is 0 Å². The molecule has 0 aliphatic carbocycles. The normalized spacial score (nSPS) is 12.9. The predicted molar refractivity (Wildman–Crippen MR) is 60.8 cm³/mol. The summed E-state index contributed by atoms with van der Waals surface area (Å²) in [6.07, 6.45) is 1.98. The number of rotatable bonds is 3. The van der Waals surface area contributed by atoms with Crippen LogP contribution in [0.1, 0.15) is 24.5 Å². The van der Waals surface area contributed by atoms with Crippen molar-refractivity contribution in [1.82, 2.24) is 0 Å². The fourth-order valence-electron chi connectivity index (χ4n) is 1.24. The maximum Gasteiger partial charge on any atom is 0.0210 e. The molecule has 0 bridgehead atoms. The molecule has 0 heterocycles. The zero-order valence-electron chi connectivity index (χ0n) is 8.18. The van der Waals surface area contributed by atoms with Gasteiger partial charge < -0.3 is 5.73 Å². The van der Waals surface area contributed by atoms with Crippen LogP contribution in [0.2, 0.25) is 0 Å². The molecule has 0 saturated carbocycles. The van der Waals surface area contributed by atoms with Crippen molar-refractivity contribution in [2.24, 2.45) is 5.73 Å². The highest BCUT2D eigenvalue weighted by molar-refractivity contribution is 9.10. The molecule has 0 aliphatic heterocycles. The molecule has 2 N–H and O–H groups in total. The lowest BCUT2D eigenvalue weighted by molar-refractivity contribution is 0.645. The third-order valence-corrected chi connectivity index (χ3v) is 2.95. The molecular formula is C11H16BrN. The number of hydrogen-bond acceptors (Lipinski definition) is 1. The molecule has 1 aromatic carbocycles. The van der Waals surface area contributed by atoms with Gasteiger partial charge in [-0.2, -0.15) is 0 Å². The van der Waals surface area contributed by atoms with Gasteiger partial charge in [0.2, 0.25) is 0 Å². The summed E-state index contributed by atoms with van der Waals surface area (Å²) in [6, 6.07) is 6.69. The monoisotopic (exact) mass is 241 g/mol. The number of halogens is 1. The number of hydrogen-bond donors (Lipinski definition) is 1. The second-order valence-electron chi connectivity index (χ2n) is 3.47. The van der Waals surface area contributed by atoms with Crippen molar-refractivity contribution in [3.8, 4) is 0 Å². The van der Waals surface area contributed by atoms with Crippen LogP contribution in [0, 0.1) is 6.92 Å². The van der Waals surface area contributed by atoms with Crippen molar-refractivity contribution in [1.29, 1.82) is 0 Å². The summed E-state index contributed by atoms with van der Waals surface area (Å²) in [5.74, 6) is 0. The number of nitrogens with two attached hydrogens (primary N) is 1. The van der Waals surface area contributed by atoms with Crippen molar-refractivity contribution >= 4 is 15.9 Å². The molecule has 0 radical (unpaired) electrons. The summed E-state index contributed by atoms with van der Waals surface area (Å²) in [4.78, 5) is 0. The molecule has 1 atom stereocenters. The maximum absolute atomic E-state index is 5.89. The lowest BCUT2D eigenvalue weighted by atomic mass is 10.0. The van der Waals surface area contributed by atoms with Gasteiger partial charge in [-0.05, 0) is 37.0 Å². The van der Waals surface area contributed by atoms with Crippen molar-refractivity contribution in [3.05, 3.63) is 33.8 Å². The smallest absolute Gasteiger partial charge is 0.0210 e. The van der Waals surface area contributed by atoms with Crippen LogP contribution in [0.5, 0.6) is 0 Å². The van der Waals surface area contributed by atoms with Crippen LogP contribution >= 0.6 is 15.9 Å². The Balaban J connectivity index is 2.77. The Morgan fingerprint density at radius 2 is 2.15 bits per heavy atom. The van der Waals surface area contributed by atoms with Gasteiger partial charge in [-0.3, -0.25) is 0 Å². The number of benzene rings is 1. The van der Waals surface area contributed by atoms with E-state index in [1.165, 1.54) is 15.6 Å². The van der Waals surface area contributed by atoms with E-state index in [1.807, 2.05) is 0 Å². The van der Waals surface area contributed by atoms with Gasteiger partial charge in [-0.1, -0.05) is 35.0 Å². The van der Waals surface area contributed by atoms with Crippen LogP contribution in [0.4, 0.5) is 0 Å². The van der Waals surface area contributed by atoms with Gasteiger partial charge in [0.1, 0.15) is 0 Å². The van der Waals surface area contributed by atoms with Crippen molar-refractivity contribution in [2.75, 3.05) is 0 Å². The summed E-state index contributed by atoms with van der Waals surface area (Å²) in [5.41, 5.74) is 8.48. The van der Waals surface area contributed by atoms with Crippen molar-refractivity contribution in [3.63, 3.8) is 0 Å². The van der Waals surface area contributed by atoms with Crippen molar-refractivity contribution < 1.29 is 0 Å². The Bertz CT molecular complexity index is 283. The van der Waals surface area contributed by atoms with Crippen LogP contribution in [0.25, 0.3) is 0 Å². The first-order valence-corrected chi connectivity index (χ1v) is 5.43. The Labute approximate surface area is 88.5 Å². The highest BCUT2D eigenvalue weighted by Crippen LogP contribution is 2.19. The van der Waals surface area contributed by atoms with Gasteiger partial charge in [-0.25, -0.2) is 0 Å². The third-order valence-electron chi connectivity index (χ3n) is 2.22. The summed E-state index contributed by atoms with van der Waals surface area (Å²) < 4.78 is 1.18. The highest BCUT2D eigenvalue weighted by atomic mass is 79.9. The Morgan fingerprint density at radius 3 is 2.69 bits per heavy atom. The molecular weight excluding hydrogens is 226 g/mol. The Kier molecular flexibility index (Phi) is 3.94. The van der Waals surface area contributed by atoms with Crippen LogP contribution in [0.15, 0.2) is 22.7 Å². The van der Waals surface area contributed by atoms with Gasteiger partial charge in [0, 0.05) is 10.5 Å². The molecule has 2 heteroatoms. The summed E-state index contributed by atoms with van der Waals surface area (Å²) >= 11 is 3.55. The number of aryl methyl sites for hydroxylation is 1. The molecule has 72 valence electrons. The van der Waals surface area contributed by atoms with E-state index < -0.39 is 0 Å². The first-order chi connectivity index (χ1) is 6.13. The van der Waals surface area contributed by atoms with E-state index in [2.05, 4.69) is 48.0 Å². The summed E-state index contributed by atoms with van der Waals surface area (Å²) in [6.45, 7) is 4.21. The zero-order valence-corrected chi connectivity index (χ0v) is 9.76. The van der Waals surface area contributed by atoms with Gasteiger partial charge in [0.15, 0.2) is 0 Å². The minimum atomic E-state index is 0.277. The molecule has 1 rings (SSSR count). The van der Waals surface area contributed by atoms with E-state index in [4.69, 9.17) is 5.73 Å². The van der Waals surface area contributed by atoms with E-state index in [9.17, 15) is 0 Å². The first-order valence-electron chi connectivity index (χ1n) is 4.64. The zero-order chi connectivity index (χ0) is 9.84. The second kappa shape index (κ2) is 4.77. The SMILES string of the molecule is CCC(N)Cc1ccc(C)cc1Br. The molecule has 0 aromatic heterocycles.